The van der Waals surface area contributed by atoms with E-state index in [-0.39, 0.29) is 22.5 Å². The van der Waals surface area contributed by atoms with Crippen LogP contribution in [0.3, 0.4) is 0 Å². The summed E-state index contributed by atoms with van der Waals surface area (Å²) in [7, 11) is 0. The van der Waals surface area contributed by atoms with Crippen LogP contribution in [-0.4, -0.2) is 11.0 Å². The molecular formula is C25H18FNO4. The number of carbonyl (C=O) groups excluding carboxylic acids is 1. The SMILES string of the molecule is Cc1cc2oc3c(c(=O)c2cc1C)C(c1cccc(O)c1)N(c1ccc(F)cc1)C3=O. The molecule has 1 aliphatic heterocycles. The van der Waals surface area contributed by atoms with Crippen molar-refractivity contribution in [2.75, 3.05) is 4.90 Å². The van der Waals surface area contributed by atoms with Gasteiger partial charge in [0, 0.05) is 5.69 Å². The van der Waals surface area contributed by atoms with E-state index in [1.54, 1.807) is 24.3 Å². The monoisotopic (exact) mass is 415 g/mol. The average Bonchev–Trinajstić information content (AvgIpc) is 3.03. The summed E-state index contributed by atoms with van der Waals surface area (Å²) in [5, 5.41) is 10.4. The maximum Gasteiger partial charge on any atom is 0.295 e. The Morgan fingerprint density at radius 3 is 2.39 bits per heavy atom. The van der Waals surface area contributed by atoms with Crippen molar-refractivity contribution in [1.82, 2.24) is 0 Å². The molecule has 1 aromatic heterocycles. The summed E-state index contributed by atoms with van der Waals surface area (Å²) < 4.78 is 19.5. The standard InChI is InChI=1S/C25H18FNO4/c1-13-10-19-20(11-14(13)2)31-24-21(23(19)29)22(15-4-3-5-18(28)12-15)27(25(24)30)17-8-6-16(26)7-9-17/h3-12,22,28H,1-2H3. The molecule has 5 nitrogen and oxygen atoms in total. The number of phenols is 1. The van der Waals surface area contributed by atoms with Gasteiger partial charge in [-0.3, -0.25) is 14.5 Å². The summed E-state index contributed by atoms with van der Waals surface area (Å²) in [6.45, 7) is 3.81. The number of aryl methyl sites for hydroxylation is 2. The number of anilines is 1. The fraction of sp³-hybridized carbons (Fsp3) is 0.120. The highest BCUT2D eigenvalue weighted by atomic mass is 19.1. The first-order valence-electron chi connectivity index (χ1n) is 9.81. The van der Waals surface area contributed by atoms with Crippen LogP contribution in [-0.2, 0) is 0 Å². The molecule has 1 unspecified atom stereocenters. The van der Waals surface area contributed by atoms with Crippen LogP contribution in [0.25, 0.3) is 11.0 Å². The second kappa shape index (κ2) is 6.80. The van der Waals surface area contributed by atoms with Crippen LogP contribution in [0.15, 0.2) is 69.9 Å². The first-order chi connectivity index (χ1) is 14.8. The van der Waals surface area contributed by atoms with E-state index in [1.165, 1.54) is 41.3 Å². The molecule has 154 valence electrons. The van der Waals surface area contributed by atoms with Crippen molar-refractivity contribution in [3.8, 4) is 5.75 Å². The molecule has 1 amide bonds. The van der Waals surface area contributed by atoms with E-state index in [9.17, 15) is 19.1 Å². The highest BCUT2D eigenvalue weighted by Crippen LogP contribution is 2.42. The molecule has 2 heterocycles. The van der Waals surface area contributed by atoms with E-state index in [0.29, 0.717) is 22.2 Å². The van der Waals surface area contributed by atoms with Crippen LogP contribution < -0.4 is 10.3 Å². The minimum Gasteiger partial charge on any atom is -0.508 e. The third-order valence-corrected chi connectivity index (χ3v) is 5.78. The summed E-state index contributed by atoms with van der Waals surface area (Å²) in [5.41, 5.74) is 3.10. The molecule has 4 aromatic rings. The number of hydrogen-bond donors (Lipinski definition) is 1. The molecule has 0 aliphatic carbocycles. The Kier molecular flexibility index (Phi) is 4.18. The summed E-state index contributed by atoms with van der Waals surface area (Å²) in [5.74, 6) is -0.965. The molecule has 0 fully saturated rings. The van der Waals surface area contributed by atoms with E-state index in [0.717, 1.165) is 11.1 Å². The third-order valence-electron chi connectivity index (χ3n) is 5.78. The average molecular weight is 415 g/mol. The number of benzene rings is 3. The maximum atomic E-state index is 13.6. The smallest absolute Gasteiger partial charge is 0.295 e. The van der Waals surface area contributed by atoms with Crippen molar-refractivity contribution >= 4 is 22.6 Å². The summed E-state index contributed by atoms with van der Waals surface area (Å²) in [4.78, 5) is 28.4. The lowest BCUT2D eigenvalue weighted by atomic mass is 9.97. The molecule has 1 atom stereocenters. The predicted molar refractivity (Wildman–Crippen MR) is 115 cm³/mol. The topological polar surface area (TPSA) is 70.8 Å². The quantitative estimate of drug-likeness (QED) is 0.500. The molecule has 0 saturated heterocycles. The van der Waals surface area contributed by atoms with Crippen LogP contribution in [0.2, 0.25) is 0 Å². The number of aromatic hydroxyl groups is 1. The zero-order chi connectivity index (χ0) is 21.9. The molecule has 6 heteroatoms. The van der Waals surface area contributed by atoms with E-state index in [2.05, 4.69) is 0 Å². The zero-order valence-electron chi connectivity index (χ0n) is 16.8. The lowest BCUT2D eigenvalue weighted by molar-refractivity contribution is 0.0971. The second-order valence-corrected chi connectivity index (χ2v) is 7.76. The van der Waals surface area contributed by atoms with Crippen molar-refractivity contribution in [2.24, 2.45) is 0 Å². The molecule has 0 saturated carbocycles. The van der Waals surface area contributed by atoms with Crippen LogP contribution in [0.5, 0.6) is 5.75 Å². The summed E-state index contributed by atoms with van der Waals surface area (Å²) in [6, 6.07) is 14.6. The van der Waals surface area contributed by atoms with E-state index < -0.39 is 17.8 Å². The van der Waals surface area contributed by atoms with Gasteiger partial charge in [-0.2, -0.15) is 0 Å². The van der Waals surface area contributed by atoms with Crippen molar-refractivity contribution in [3.63, 3.8) is 0 Å². The Morgan fingerprint density at radius 1 is 0.968 bits per heavy atom. The minimum atomic E-state index is -0.817. The molecule has 0 radical (unpaired) electrons. The highest BCUT2D eigenvalue weighted by molar-refractivity contribution is 6.10. The summed E-state index contributed by atoms with van der Waals surface area (Å²) in [6.07, 6.45) is 0. The molecule has 0 spiro atoms. The van der Waals surface area contributed by atoms with E-state index in [4.69, 9.17) is 4.42 Å². The number of halogens is 1. The predicted octanol–water partition coefficient (Wildman–Crippen LogP) is 5.00. The minimum absolute atomic E-state index is 0.00843. The Labute approximate surface area is 177 Å². The molecule has 0 bridgehead atoms. The number of phenolic OH excluding ortho intramolecular Hbond substituents is 1. The highest BCUT2D eigenvalue weighted by Gasteiger charge is 2.43. The Balaban J connectivity index is 1.83. The van der Waals surface area contributed by atoms with Gasteiger partial charge < -0.3 is 9.52 Å². The Morgan fingerprint density at radius 2 is 1.68 bits per heavy atom. The van der Waals surface area contributed by atoms with Gasteiger partial charge in [-0.1, -0.05) is 12.1 Å². The summed E-state index contributed by atoms with van der Waals surface area (Å²) >= 11 is 0. The van der Waals surface area contributed by atoms with Gasteiger partial charge in [0.2, 0.25) is 5.76 Å². The number of fused-ring (bicyclic) bond motifs is 2. The van der Waals surface area contributed by atoms with Gasteiger partial charge in [-0.05, 0) is 79.1 Å². The molecule has 31 heavy (non-hydrogen) atoms. The lowest BCUT2D eigenvalue weighted by Crippen LogP contribution is -2.29. The number of amides is 1. The van der Waals surface area contributed by atoms with Crippen molar-refractivity contribution in [3.05, 3.63) is 105 Å². The van der Waals surface area contributed by atoms with Gasteiger partial charge in [-0.25, -0.2) is 4.39 Å². The van der Waals surface area contributed by atoms with Crippen molar-refractivity contribution in [1.29, 1.82) is 0 Å². The van der Waals surface area contributed by atoms with Crippen LogP contribution in [0.4, 0.5) is 10.1 Å². The van der Waals surface area contributed by atoms with Crippen molar-refractivity contribution < 1.29 is 18.7 Å². The fourth-order valence-corrected chi connectivity index (χ4v) is 4.11. The fourth-order valence-electron chi connectivity index (χ4n) is 4.11. The Hall–Kier alpha value is -3.93. The third kappa shape index (κ3) is 2.91. The van der Waals surface area contributed by atoms with E-state index in [1.807, 2.05) is 13.8 Å². The van der Waals surface area contributed by atoms with Gasteiger partial charge in [0.1, 0.15) is 17.1 Å². The molecule has 3 aromatic carbocycles. The van der Waals surface area contributed by atoms with Crippen molar-refractivity contribution in [2.45, 2.75) is 19.9 Å². The first-order valence-corrected chi connectivity index (χ1v) is 9.81. The number of nitrogens with zero attached hydrogens (tertiary/aromatic N) is 1. The Bertz CT molecular complexity index is 1420. The largest absolute Gasteiger partial charge is 0.508 e. The van der Waals surface area contributed by atoms with Crippen LogP contribution in [0, 0.1) is 19.7 Å². The van der Waals surface area contributed by atoms with Crippen LogP contribution in [0.1, 0.15) is 38.9 Å². The second-order valence-electron chi connectivity index (χ2n) is 7.76. The first kappa shape index (κ1) is 19.1. The van der Waals surface area contributed by atoms with Gasteiger partial charge in [0.25, 0.3) is 5.91 Å². The normalized spacial score (nSPS) is 15.5. The maximum absolute atomic E-state index is 13.6. The number of rotatable bonds is 2. The van der Waals surface area contributed by atoms with Gasteiger partial charge in [0.15, 0.2) is 5.43 Å². The van der Waals surface area contributed by atoms with Gasteiger partial charge in [0.05, 0.1) is 17.0 Å². The molecule has 5 rings (SSSR count). The van der Waals surface area contributed by atoms with E-state index >= 15 is 0 Å². The lowest BCUT2D eigenvalue weighted by Gasteiger charge is -2.25. The molecular weight excluding hydrogens is 397 g/mol. The molecule has 1 N–H and O–H groups in total. The number of carbonyl (C=O) groups is 1. The van der Waals surface area contributed by atoms with Crippen LogP contribution >= 0.6 is 0 Å². The number of hydrogen-bond acceptors (Lipinski definition) is 4. The van der Waals surface area contributed by atoms with Gasteiger partial charge >= 0.3 is 0 Å². The molecule has 1 aliphatic rings. The van der Waals surface area contributed by atoms with Gasteiger partial charge in [-0.15, -0.1) is 0 Å². The zero-order valence-corrected chi connectivity index (χ0v) is 16.8.